The molecule has 1 unspecified atom stereocenters. The molecule has 3 aromatic rings. The van der Waals surface area contributed by atoms with Crippen LogP contribution < -0.4 is 11.1 Å². The summed E-state index contributed by atoms with van der Waals surface area (Å²) in [6.45, 7) is 0.598. The molecule has 0 radical (unpaired) electrons. The average Bonchev–Trinajstić information content (AvgIpc) is 2.72. The van der Waals surface area contributed by atoms with Crippen LogP contribution >= 0.6 is 0 Å². The number of nitrogens with one attached hydrogen (secondary N) is 1. The summed E-state index contributed by atoms with van der Waals surface area (Å²) in [5, 5.41) is 12.6. The van der Waals surface area contributed by atoms with Gasteiger partial charge < -0.3 is 16.2 Å². The van der Waals surface area contributed by atoms with Crippen LogP contribution in [0.5, 0.6) is 5.75 Å². The van der Waals surface area contributed by atoms with Crippen molar-refractivity contribution in [2.45, 2.75) is 25.3 Å². The molecule has 28 heavy (non-hydrogen) atoms. The largest absolute Gasteiger partial charge is 0.508 e. The predicted octanol–water partition coefficient (Wildman–Crippen LogP) is 2.33. The van der Waals surface area contributed by atoms with Crippen LogP contribution in [-0.4, -0.2) is 27.5 Å². The Morgan fingerprint density at radius 3 is 2.36 bits per heavy atom. The summed E-state index contributed by atoms with van der Waals surface area (Å²) in [6, 6.07) is 12.0. The lowest BCUT2D eigenvalue weighted by atomic mass is 10.00. The Balaban J connectivity index is 1.60. The predicted molar refractivity (Wildman–Crippen MR) is 108 cm³/mol. The minimum Gasteiger partial charge on any atom is -0.508 e. The molecule has 0 bridgehead atoms. The van der Waals surface area contributed by atoms with Crippen LogP contribution in [0.25, 0.3) is 0 Å². The number of nitrogens with zero attached hydrogens (tertiary/aromatic N) is 2. The molecule has 6 nitrogen and oxygen atoms in total. The van der Waals surface area contributed by atoms with Crippen LogP contribution in [0.2, 0.25) is 0 Å². The van der Waals surface area contributed by atoms with Gasteiger partial charge in [-0.2, -0.15) is 0 Å². The number of phenols is 1. The van der Waals surface area contributed by atoms with Crippen molar-refractivity contribution in [3.8, 4) is 5.75 Å². The van der Waals surface area contributed by atoms with Gasteiger partial charge in [0.25, 0.3) is 0 Å². The lowest BCUT2D eigenvalue weighted by Gasteiger charge is -2.17. The Morgan fingerprint density at radius 2 is 1.64 bits per heavy atom. The molecule has 3 rings (SSSR count). The number of aryl methyl sites for hydroxylation is 2. The van der Waals surface area contributed by atoms with E-state index in [2.05, 4.69) is 15.3 Å². The maximum atomic E-state index is 11.8. The molecule has 0 aliphatic heterocycles. The highest BCUT2D eigenvalue weighted by Gasteiger charge is 2.17. The van der Waals surface area contributed by atoms with Crippen LogP contribution in [0.3, 0.4) is 0 Å². The molecule has 0 fully saturated rings. The number of pyridine rings is 2. The maximum Gasteiger partial charge on any atom is 0.239 e. The Hall–Kier alpha value is -3.25. The number of amides is 1. The highest BCUT2D eigenvalue weighted by atomic mass is 16.3. The van der Waals surface area contributed by atoms with E-state index in [1.807, 2.05) is 24.4 Å². The highest BCUT2D eigenvalue weighted by molar-refractivity contribution is 5.81. The summed E-state index contributed by atoms with van der Waals surface area (Å²) < 4.78 is 0. The molecule has 4 N–H and O–H groups in total. The zero-order valence-corrected chi connectivity index (χ0v) is 15.6. The fourth-order valence-electron chi connectivity index (χ4n) is 3.15. The molecule has 0 saturated carbocycles. The van der Waals surface area contributed by atoms with Gasteiger partial charge in [-0.1, -0.05) is 12.1 Å². The molecule has 0 saturated heterocycles. The van der Waals surface area contributed by atoms with Gasteiger partial charge in [0.2, 0.25) is 5.91 Å². The van der Waals surface area contributed by atoms with Crippen molar-refractivity contribution in [2.24, 2.45) is 5.73 Å². The summed E-state index contributed by atoms with van der Waals surface area (Å²) in [5.41, 5.74) is 9.92. The Labute approximate surface area is 164 Å². The van der Waals surface area contributed by atoms with Gasteiger partial charge in [0.15, 0.2) is 0 Å². The van der Waals surface area contributed by atoms with Gasteiger partial charge >= 0.3 is 0 Å². The molecular weight excluding hydrogens is 352 g/mol. The Bertz CT molecular complexity index is 898. The first kappa shape index (κ1) is 19.5. The van der Waals surface area contributed by atoms with Crippen molar-refractivity contribution in [1.29, 1.82) is 0 Å². The number of rotatable bonds is 9. The van der Waals surface area contributed by atoms with Crippen LogP contribution in [0, 0.1) is 0 Å². The zero-order valence-electron chi connectivity index (χ0n) is 15.6. The second kappa shape index (κ2) is 9.62. The molecule has 144 valence electrons. The maximum absolute atomic E-state index is 11.8. The van der Waals surface area contributed by atoms with Crippen molar-refractivity contribution in [2.75, 3.05) is 6.54 Å². The minimum atomic E-state index is -0.595. The molecule has 0 aliphatic rings. The number of hydrogen-bond acceptors (Lipinski definition) is 5. The smallest absolute Gasteiger partial charge is 0.239 e. The quantitative estimate of drug-likeness (QED) is 0.532. The second-order valence-corrected chi connectivity index (χ2v) is 6.63. The number of carbonyl (C=O) groups excluding carboxylic acids is 1. The average molecular weight is 376 g/mol. The lowest BCUT2D eigenvalue weighted by molar-refractivity contribution is -0.120. The molecule has 2 aromatic heterocycles. The van der Waals surface area contributed by atoms with Crippen molar-refractivity contribution >= 4 is 5.91 Å². The fourth-order valence-corrected chi connectivity index (χ4v) is 3.15. The topological polar surface area (TPSA) is 101 Å². The lowest BCUT2D eigenvalue weighted by Crippen LogP contribution is -2.34. The number of aromatic hydroxyl groups is 1. The standard InChI is InChI=1S/C22H24N4O2/c23-22(28)21(18-3-5-20(27)6-4-18)26-14-10-17-9-13-25-15-19(17)2-1-16-7-11-24-12-8-16/h3-9,11-13,15,21,26-27H,1-2,10,14H2,(H2,23,28). The summed E-state index contributed by atoms with van der Waals surface area (Å²) >= 11 is 0. The summed E-state index contributed by atoms with van der Waals surface area (Å²) in [4.78, 5) is 20.1. The van der Waals surface area contributed by atoms with Crippen LogP contribution in [0.4, 0.5) is 0 Å². The van der Waals surface area contributed by atoms with Gasteiger partial charge in [0.1, 0.15) is 11.8 Å². The molecule has 1 aromatic carbocycles. The SMILES string of the molecule is NC(=O)C(NCCc1ccncc1CCc1ccncc1)c1ccc(O)cc1. The van der Waals surface area contributed by atoms with Gasteiger partial charge in [-0.05, 0) is 71.8 Å². The number of hydrogen-bond donors (Lipinski definition) is 3. The van der Waals surface area contributed by atoms with E-state index in [1.54, 1.807) is 42.9 Å². The Morgan fingerprint density at radius 1 is 0.929 bits per heavy atom. The molecule has 1 atom stereocenters. The van der Waals surface area contributed by atoms with E-state index in [9.17, 15) is 9.90 Å². The third-order valence-corrected chi connectivity index (χ3v) is 4.69. The first-order valence-corrected chi connectivity index (χ1v) is 9.26. The molecule has 0 aliphatic carbocycles. The minimum absolute atomic E-state index is 0.155. The zero-order chi connectivity index (χ0) is 19.8. The highest BCUT2D eigenvalue weighted by Crippen LogP contribution is 2.17. The summed E-state index contributed by atoms with van der Waals surface area (Å²) in [7, 11) is 0. The van der Waals surface area contributed by atoms with Gasteiger partial charge in [-0.25, -0.2) is 0 Å². The first-order valence-electron chi connectivity index (χ1n) is 9.26. The van der Waals surface area contributed by atoms with E-state index >= 15 is 0 Å². The number of phenolic OH excluding ortho intramolecular Hbond substituents is 1. The third-order valence-electron chi connectivity index (χ3n) is 4.69. The van der Waals surface area contributed by atoms with E-state index in [1.165, 1.54) is 16.7 Å². The van der Waals surface area contributed by atoms with Crippen molar-refractivity contribution in [3.63, 3.8) is 0 Å². The van der Waals surface area contributed by atoms with Gasteiger partial charge in [-0.3, -0.25) is 14.8 Å². The molecule has 1 amide bonds. The van der Waals surface area contributed by atoms with Crippen molar-refractivity contribution in [1.82, 2.24) is 15.3 Å². The Kier molecular flexibility index (Phi) is 6.70. The number of benzene rings is 1. The van der Waals surface area contributed by atoms with E-state index < -0.39 is 11.9 Å². The van der Waals surface area contributed by atoms with Crippen LogP contribution in [-0.2, 0) is 24.1 Å². The molecular formula is C22H24N4O2. The first-order chi connectivity index (χ1) is 13.6. The van der Waals surface area contributed by atoms with Crippen LogP contribution in [0.15, 0.2) is 67.3 Å². The van der Waals surface area contributed by atoms with E-state index in [0.29, 0.717) is 6.54 Å². The number of aromatic nitrogens is 2. The normalized spacial score (nSPS) is 11.9. The summed E-state index contributed by atoms with van der Waals surface area (Å²) in [6.07, 6.45) is 9.87. The second-order valence-electron chi connectivity index (χ2n) is 6.63. The van der Waals surface area contributed by atoms with Crippen molar-refractivity contribution in [3.05, 3.63) is 89.5 Å². The number of carbonyl (C=O) groups is 1. The third kappa shape index (κ3) is 5.37. The number of primary amides is 1. The number of nitrogens with two attached hydrogens (primary N) is 1. The van der Waals surface area contributed by atoms with Gasteiger partial charge in [-0.15, -0.1) is 0 Å². The van der Waals surface area contributed by atoms with E-state index in [4.69, 9.17) is 5.73 Å². The van der Waals surface area contributed by atoms with E-state index in [0.717, 1.165) is 24.8 Å². The molecule has 6 heteroatoms. The summed E-state index contributed by atoms with van der Waals surface area (Å²) in [5.74, 6) is -0.291. The van der Waals surface area contributed by atoms with Gasteiger partial charge in [0, 0.05) is 31.3 Å². The van der Waals surface area contributed by atoms with E-state index in [-0.39, 0.29) is 5.75 Å². The van der Waals surface area contributed by atoms with Crippen molar-refractivity contribution < 1.29 is 9.90 Å². The van der Waals surface area contributed by atoms with Gasteiger partial charge in [0.05, 0.1) is 0 Å². The monoisotopic (exact) mass is 376 g/mol. The van der Waals surface area contributed by atoms with Crippen LogP contribution in [0.1, 0.15) is 28.3 Å². The molecule has 2 heterocycles. The molecule has 0 spiro atoms. The fraction of sp³-hybridized carbons (Fsp3) is 0.227.